The zero-order valence-corrected chi connectivity index (χ0v) is 12.7. The quantitative estimate of drug-likeness (QED) is 0.659. The van der Waals surface area contributed by atoms with Crippen molar-refractivity contribution < 1.29 is 14.2 Å². The Morgan fingerprint density at radius 2 is 2.00 bits per heavy atom. The average Bonchev–Trinajstić information content (AvgIpc) is 2.82. The highest BCUT2D eigenvalue weighted by Crippen LogP contribution is 2.22. The highest BCUT2D eigenvalue weighted by Gasteiger charge is 2.53. The highest BCUT2D eigenvalue weighted by molar-refractivity contribution is 6.23. The first kappa shape index (κ1) is 13.7. The van der Waals surface area contributed by atoms with E-state index in [1.807, 2.05) is 16.5 Å². The van der Waals surface area contributed by atoms with Crippen molar-refractivity contribution in [2.75, 3.05) is 27.2 Å². The van der Waals surface area contributed by atoms with E-state index in [4.69, 9.17) is 0 Å². The standard InChI is InChI=1S/C13H19N6O2/c1-5-6-19-12-14-10-9(18(12)7-8(2)15-19)11(20)17(4)13(21)16(10)3/h9H,5-7H2,1-4H3/q+1. The number of likely N-dealkylation sites (N-methyl/N-ethyl adjacent to an activating group) is 2. The van der Waals surface area contributed by atoms with Crippen LogP contribution in [0.1, 0.15) is 20.3 Å². The van der Waals surface area contributed by atoms with Crippen molar-refractivity contribution in [3.8, 4) is 0 Å². The summed E-state index contributed by atoms with van der Waals surface area (Å²) in [5, 5.41) is 6.31. The van der Waals surface area contributed by atoms with Crippen LogP contribution in [0.15, 0.2) is 10.1 Å². The maximum absolute atomic E-state index is 12.5. The molecule has 3 rings (SSSR count). The molecule has 0 aliphatic carbocycles. The molecule has 112 valence electrons. The summed E-state index contributed by atoms with van der Waals surface area (Å²) >= 11 is 0. The van der Waals surface area contributed by atoms with Crippen LogP contribution < -0.4 is 0 Å². The second-order valence-corrected chi connectivity index (χ2v) is 5.50. The minimum atomic E-state index is -0.530. The first-order chi connectivity index (χ1) is 9.95. The number of urea groups is 1. The Labute approximate surface area is 123 Å². The van der Waals surface area contributed by atoms with Crippen LogP contribution in [0.25, 0.3) is 0 Å². The Kier molecular flexibility index (Phi) is 3.03. The molecule has 0 aromatic rings. The fraction of sp³-hybridized carbons (Fsp3) is 0.615. The molecule has 0 bridgehead atoms. The Balaban J connectivity index is 2.04. The molecule has 3 aliphatic rings. The summed E-state index contributed by atoms with van der Waals surface area (Å²) in [6.45, 7) is 5.28. The fourth-order valence-corrected chi connectivity index (χ4v) is 2.84. The molecule has 0 spiro atoms. The summed E-state index contributed by atoms with van der Waals surface area (Å²) in [4.78, 5) is 31.6. The van der Waals surface area contributed by atoms with Gasteiger partial charge in [-0.05, 0) is 13.3 Å². The lowest BCUT2D eigenvalue weighted by Crippen LogP contribution is -2.62. The van der Waals surface area contributed by atoms with Crippen molar-refractivity contribution in [3.63, 3.8) is 0 Å². The lowest BCUT2D eigenvalue weighted by Gasteiger charge is -2.32. The van der Waals surface area contributed by atoms with E-state index in [1.165, 1.54) is 11.9 Å². The van der Waals surface area contributed by atoms with Crippen molar-refractivity contribution in [1.82, 2.24) is 14.8 Å². The van der Waals surface area contributed by atoms with Crippen LogP contribution in [0.2, 0.25) is 0 Å². The van der Waals surface area contributed by atoms with Crippen LogP contribution in [-0.2, 0) is 4.79 Å². The van der Waals surface area contributed by atoms with Gasteiger partial charge in [-0.3, -0.25) is 14.6 Å². The molecule has 0 radical (unpaired) electrons. The number of nitrogens with zero attached hydrogens (tertiary/aromatic N) is 6. The zero-order valence-electron chi connectivity index (χ0n) is 12.7. The number of hydrazone groups is 1. The van der Waals surface area contributed by atoms with Crippen molar-refractivity contribution in [2.24, 2.45) is 10.1 Å². The molecule has 3 aliphatic heterocycles. The van der Waals surface area contributed by atoms with E-state index >= 15 is 0 Å². The number of carbonyl (C=O) groups excluding carboxylic acids is 2. The Morgan fingerprint density at radius 1 is 1.29 bits per heavy atom. The van der Waals surface area contributed by atoms with Gasteiger partial charge in [-0.15, -0.1) is 10.1 Å². The van der Waals surface area contributed by atoms with Gasteiger partial charge < -0.3 is 0 Å². The van der Waals surface area contributed by atoms with Gasteiger partial charge in [0, 0.05) is 14.1 Å². The monoisotopic (exact) mass is 291 g/mol. The number of carbonyl (C=O) groups is 2. The predicted molar refractivity (Wildman–Crippen MR) is 77.4 cm³/mol. The van der Waals surface area contributed by atoms with Crippen molar-refractivity contribution in [3.05, 3.63) is 0 Å². The molecule has 8 heteroatoms. The van der Waals surface area contributed by atoms with Crippen LogP contribution in [0.5, 0.6) is 0 Å². The highest BCUT2D eigenvalue weighted by atomic mass is 16.2. The van der Waals surface area contributed by atoms with Gasteiger partial charge in [0.1, 0.15) is 6.54 Å². The molecule has 3 heterocycles. The molecule has 0 saturated carbocycles. The third-order valence-electron chi connectivity index (χ3n) is 3.87. The van der Waals surface area contributed by atoms with Gasteiger partial charge in [0.05, 0.1) is 12.3 Å². The molecule has 21 heavy (non-hydrogen) atoms. The summed E-state index contributed by atoms with van der Waals surface area (Å²) in [6.07, 6.45) is 0.923. The minimum absolute atomic E-state index is 0.238. The first-order valence-corrected chi connectivity index (χ1v) is 7.04. The van der Waals surface area contributed by atoms with Crippen LogP contribution >= 0.6 is 0 Å². The topological polar surface area (TPSA) is 71.6 Å². The van der Waals surface area contributed by atoms with Gasteiger partial charge in [0.2, 0.25) is 11.9 Å². The van der Waals surface area contributed by atoms with E-state index in [0.717, 1.165) is 23.6 Å². The number of imide groups is 1. The molecular weight excluding hydrogens is 272 g/mol. The Bertz CT molecular complexity index is 620. The average molecular weight is 291 g/mol. The predicted octanol–water partition coefficient (Wildman–Crippen LogP) is -0.239. The van der Waals surface area contributed by atoms with Crippen molar-refractivity contribution in [1.29, 1.82) is 0 Å². The number of aliphatic imine (C=N–C) groups is 1. The summed E-state index contributed by atoms with van der Waals surface area (Å²) in [7, 11) is 3.15. The van der Waals surface area contributed by atoms with Crippen molar-refractivity contribution in [2.45, 2.75) is 26.3 Å². The molecule has 1 atom stereocenters. The normalized spacial score (nSPS) is 25.1. The Morgan fingerprint density at radius 3 is 2.67 bits per heavy atom. The van der Waals surface area contributed by atoms with Crippen molar-refractivity contribution >= 4 is 29.4 Å². The summed E-state index contributed by atoms with van der Waals surface area (Å²) in [5.74, 6) is 0.910. The lowest BCUT2D eigenvalue weighted by molar-refractivity contribution is -0.527. The number of amides is 3. The Hall–Kier alpha value is -2.25. The molecule has 1 saturated heterocycles. The van der Waals surface area contributed by atoms with Crippen LogP contribution in [-0.4, -0.2) is 82.1 Å². The molecule has 8 nitrogen and oxygen atoms in total. The van der Waals surface area contributed by atoms with E-state index in [2.05, 4.69) is 17.0 Å². The maximum Gasteiger partial charge on any atom is 0.416 e. The largest absolute Gasteiger partial charge is 0.416 e. The molecule has 3 amide bonds. The number of hydrogen-bond acceptors (Lipinski definition) is 5. The molecule has 1 unspecified atom stereocenters. The van der Waals surface area contributed by atoms with E-state index in [0.29, 0.717) is 18.3 Å². The molecule has 1 fully saturated rings. The summed E-state index contributed by atoms with van der Waals surface area (Å²) in [5.41, 5.74) is 0.929. The molecule has 0 aromatic carbocycles. The van der Waals surface area contributed by atoms with Gasteiger partial charge in [-0.25, -0.2) is 9.37 Å². The van der Waals surface area contributed by atoms with Crippen LogP contribution in [0, 0.1) is 0 Å². The minimum Gasteiger partial charge on any atom is -0.270 e. The van der Waals surface area contributed by atoms with Gasteiger partial charge in [-0.1, -0.05) is 11.9 Å². The second-order valence-electron chi connectivity index (χ2n) is 5.50. The smallest absolute Gasteiger partial charge is 0.270 e. The van der Waals surface area contributed by atoms with E-state index in [-0.39, 0.29) is 11.9 Å². The van der Waals surface area contributed by atoms with Crippen LogP contribution in [0.4, 0.5) is 4.79 Å². The zero-order chi connectivity index (χ0) is 15.3. The second kappa shape index (κ2) is 4.64. The van der Waals surface area contributed by atoms with Crippen LogP contribution in [0.3, 0.4) is 0 Å². The summed E-state index contributed by atoms with van der Waals surface area (Å²) < 4.78 is 1.93. The van der Waals surface area contributed by atoms with Gasteiger partial charge >= 0.3 is 12.0 Å². The third kappa shape index (κ3) is 1.85. The number of rotatable bonds is 2. The number of guanidine groups is 1. The number of hydrogen-bond donors (Lipinski definition) is 0. The van der Waals surface area contributed by atoms with E-state index < -0.39 is 6.04 Å². The molecular formula is C13H19N6O2+. The number of fused-ring (bicyclic) bond motifs is 2. The van der Waals surface area contributed by atoms with Gasteiger partial charge in [-0.2, -0.15) is 0 Å². The fourth-order valence-electron chi connectivity index (χ4n) is 2.84. The summed E-state index contributed by atoms with van der Waals surface area (Å²) in [6, 6.07) is -0.882. The van der Waals surface area contributed by atoms with Gasteiger partial charge in [0.15, 0.2) is 0 Å². The first-order valence-electron chi connectivity index (χ1n) is 7.04. The number of amidine groups is 1. The lowest BCUT2D eigenvalue weighted by atomic mass is 10.1. The van der Waals surface area contributed by atoms with E-state index in [1.54, 1.807) is 7.05 Å². The maximum atomic E-state index is 12.5. The SMILES string of the molecule is CCCN1N=C(C)C[N+]2=C1N=C1C2C(=O)N(C)C(=O)N1C. The molecule has 0 aromatic heterocycles. The molecule has 0 N–H and O–H groups in total. The van der Waals surface area contributed by atoms with Gasteiger partial charge in [0.25, 0.3) is 5.91 Å². The third-order valence-corrected chi connectivity index (χ3v) is 3.87. The van der Waals surface area contributed by atoms with E-state index in [9.17, 15) is 9.59 Å².